The van der Waals surface area contributed by atoms with Crippen molar-refractivity contribution in [2.24, 2.45) is 5.92 Å². The molecule has 0 spiro atoms. The zero-order chi connectivity index (χ0) is 11.5. The normalized spacial score (nSPS) is 15.4. The number of aromatic nitrogens is 2. The fraction of sp³-hybridized carbons (Fsp3) is 0.636. The Hall–Kier alpha value is -0.870. The molecule has 0 N–H and O–H groups in total. The summed E-state index contributed by atoms with van der Waals surface area (Å²) in [4.78, 5) is 15.8. The van der Waals surface area contributed by atoms with Crippen LogP contribution in [0.3, 0.4) is 0 Å². The summed E-state index contributed by atoms with van der Waals surface area (Å²) in [5, 5.41) is 0.250. The second-order valence-corrected chi connectivity index (χ2v) is 4.45. The van der Waals surface area contributed by atoms with Crippen molar-refractivity contribution in [2.75, 3.05) is 6.61 Å². The molecule has 0 bridgehead atoms. The van der Waals surface area contributed by atoms with Crippen molar-refractivity contribution in [1.82, 2.24) is 9.55 Å². The topological polar surface area (TPSA) is 44.1 Å². The van der Waals surface area contributed by atoms with E-state index in [2.05, 4.69) is 4.98 Å². The molecular formula is C11H15ClN2O2. The molecule has 2 rings (SSSR count). The average molecular weight is 243 g/mol. The Balaban J connectivity index is 2.07. The molecule has 0 amide bonds. The lowest BCUT2D eigenvalue weighted by Gasteiger charge is -2.10. The summed E-state index contributed by atoms with van der Waals surface area (Å²) in [5.74, 6) is 1.37. The first-order valence-electron chi connectivity index (χ1n) is 5.54. The van der Waals surface area contributed by atoms with Gasteiger partial charge in [0.2, 0.25) is 0 Å². The predicted octanol–water partition coefficient (Wildman–Crippen LogP) is 1.84. The molecule has 0 radical (unpaired) electrons. The van der Waals surface area contributed by atoms with Crippen molar-refractivity contribution in [1.29, 1.82) is 0 Å². The summed E-state index contributed by atoms with van der Waals surface area (Å²) in [7, 11) is 0. The van der Waals surface area contributed by atoms with Gasteiger partial charge in [0.05, 0.1) is 6.61 Å². The van der Waals surface area contributed by atoms with Crippen molar-refractivity contribution >= 4 is 11.6 Å². The maximum Gasteiger partial charge on any atom is 0.256 e. The van der Waals surface area contributed by atoms with Crippen molar-refractivity contribution in [3.63, 3.8) is 0 Å². The van der Waals surface area contributed by atoms with Gasteiger partial charge in [-0.2, -0.15) is 0 Å². The highest BCUT2D eigenvalue weighted by molar-refractivity contribution is 6.29. The Kier molecular flexibility index (Phi) is 3.61. The average Bonchev–Trinajstić information content (AvgIpc) is 3.04. The van der Waals surface area contributed by atoms with E-state index in [1.165, 1.54) is 23.5 Å². The highest BCUT2D eigenvalue weighted by atomic mass is 35.5. The fourth-order valence-corrected chi connectivity index (χ4v) is 1.72. The van der Waals surface area contributed by atoms with Crippen LogP contribution in [0.1, 0.15) is 25.6 Å². The van der Waals surface area contributed by atoms with E-state index in [0.29, 0.717) is 18.2 Å². The first-order valence-corrected chi connectivity index (χ1v) is 5.92. The smallest absolute Gasteiger partial charge is 0.256 e. The van der Waals surface area contributed by atoms with E-state index in [0.717, 1.165) is 6.61 Å². The van der Waals surface area contributed by atoms with Crippen LogP contribution >= 0.6 is 11.6 Å². The van der Waals surface area contributed by atoms with Crippen molar-refractivity contribution in [3.8, 4) is 0 Å². The lowest BCUT2D eigenvalue weighted by molar-refractivity contribution is 0.0642. The van der Waals surface area contributed by atoms with Crippen LogP contribution in [-0.4, -0.2) is 16.2 Å². The molecule has 1 aliphatic carbocycles. The molecule has 1 aliphatic rings. The van der Waals surface area contributed by atoms with Crippen LogP contribution in [0.15, 0.2) is 10.9 Å². The monoisotopic (exact) mass is 242 g/mol. The number of nitrogens with zero attached hydrogens (tertiary/aromatic N) is 2. The van der Waals surface area contributed by atoms with Crippen LogP contribution in [0.25, 0.3) is 0 Å². The SMILES string of the molecule is CCc1nc(Cl)cc(=O)n1COCC1CC1. The molecule has 4 nitrogen and oxygen atoms in total. The van der Waals surface area contributed by atoms with Crippen LogP contribution in [0.2, 0.25) is 5.15 Å². The number of ether oxygens (including phenoxy) is 1. The summed E-state index contributed by atoms with van der Waals surface area (Å²) in [6, 6.07) is 1.32. The van der Waals surface area contributed by atoms with Crippen LogP contribution in [0, 0.1) is 5.92 Å². The largest absolute Gasteiger partial charge is 0.360 e. The third kappa shape index (κ3) is 2.83. The molecule has 0 aromatic carbocycles. The van der Waals surface area contributed by atoms with Crippen molar-refractivity contribution in [3.05, 3.63) is 27.4 Å². The minimum Gasteiger partial charge on any atom is -0.360 e. The molecule has 0 aliphatic heterocycles. The fourth-order valence-electron chi connectivity index (χ4n) is 1.53. The number of halogens is 1. The molecule has 0 saturated heterocycles. The Morgan fingerprint density at radius 1 is 1.62 bits per heavy atom. The van der Waals surface area contributed by atoms with E-state index >= 15 is 0 Å². The van der Waals surface area contributed by atoms with Gasteiger partial charge in [0, 0.05) is 12.5 Å². The molecule has 1 heterocycles. The van der Waals surface area contributed by atoms with Gasteiger partial charge >= 0.3 is 0 Å². The first-order chi connectivity index (χ1) is 7.70. The minimum absolute atomic E-state index is 0.146. The summed E-state index contributed by atoms with van der Waals surface area (Å²) < 4.78 is 7.02. The van der Waals surface area contributed by atoms with E-state index < -0.39 is 0 Å². The number of hydrogen-bond donors (Lipinski definition) is 0. The molecule has 1 saturated carbocycles. The van der Waals surface area contributed by atoms with Crippen LogP contribution in [-0.2, 0) is 17.9 Å². The van der Waals surface area contributed by atoms with Gasteiger partial charge in [0.15, 0.2) is 0 Å². The maximum atomic E-state index is 11.7. The van der Waals surface area contributed by atoms with Gasteiger partial charge < -0.3 is 4.74 Å². The molecule has 1 aromatic rings. The van der Waals surface area contributed by atoms with Gasteiger partial charge in [-0.05, 0) is 18.8 Å². The third-order valence-electron chi connectivity index (χ3n) is 2.64. The molecular weight excluding hydrogens is 228 g/mol. The second-order valence-electron chi connectivity index (χ2n) is 4.06. The second kappa shape index (κ2) is 4.97. The number of hydrogen-bond acceptors (Lipinski definition) is 3. The number of rotatable bonds is 5. The van der Waals surface area contributed by atoms with Gasteiger partial charge in [-0.3, -0.25) is 9.36 Å². The number of aryl methyl sites for hydroxylation is 1. The van der Waals surface area contributed by atoms with Gasteiger partial charge in [0.1, 0.15) is 17.7 Å². The summed E-state index contributed by atoms with van der Waals surface area (Å²) in [5.41, 5.74) is -0.146. The quantitative estimate of drug-likeness (QED) is 0.740. The first kappa shape index (κ1) is 11.6. The lowest BCUT2D eigenvalue weighted by atomic mass is 10.4. The Morgan fingerprint density at radius 2 is 2.38 bits per heavy atom. The van der Waals surface area contributed by atoms with Crippen molar-refractivity contribution < 1.29 is 4.74 Å². The molecule has 88 valence electrons. The molecule has 0 atom stereocenters. The summed E-state index contributed by atoms with van der Waals surface area (Å²) in [6.07, 6.45) is 3.16. The molecule has 16 heavy (non-hydrogen) atoms. The van der Waals surface area contributed by atoms with E-state index in [-0.39, 0.29) is 17.4 Å². The minimum atomic E-state index is -0.146. The van der Waals surface area contributed by atoms with E-state index in [9.17, 15) is 4.79 Å². The summed E-state index contributed by atoms with van der Waals surface area (Å²) in [6.45, 7) is 2.95. The van der Waals surface area contributed by atoms with Gasteiger partial charge in [-0.15, -0.1) is 0 Å². The highest BCUT2D eigenvalue weighted by Gasteiger charge is 2.21. The molecule has 0 unspecified atom stereocenters. The zero-order valence-corrected chi connectivity index (χ0v) is 10.0. The Bertz CT molecular complexity index is 426. The molecule has 1 aromatic heterocycles. The molecule has 5 heteroatoms. The van der Waals surface area contributed by atoms with Crippen molar-refractivity contribution in [2.45, 2.75) is 32.9 Å². The van der Waals surface area contributed by atoms with Crippen LogP contribution < -0.4 is 5.56 Å². The lowest BCUT2D eigenvalue weighted by Crippen LogP contribution is -2.25. The third-order valence-corrected chi connectivity index (χ3v) is 2.84. The van der Waals surface area contributed by atoms with Crippen LogP contribution in [0.5, 0.6) is 0 Å². The maximum absolute atomic E-state index is 11.7. The predicted molar refractivity (Wildman–Crippen MR) is 61.6 cm³/mol. The highest BCUT2D eigenvalue weighted by Crippen LogP contribution is 2.28. The van der Waals surface area contributed by atoms with Gasteiger partial charge in [-0.1, -0.05) is 18.5 Å². The van der Waals surface area contributed by atoms with Crippen LogP contribution in [0.4, 0.5) is 0 Å². The molecule has 1 fully saturated rings. The van der Waals surface area contributed by atoms with E-state index in [1.54, 1.807) is 0 Å². The Morgan fingerprint density at radius 3 is 3.00 bits per heavy atom. The summed E-state index contributed by atoms with van der Waals surface area (Å²) >= 11 is 5.73. The van der Waals surface area contributed by atoms with E-state index in [1.807, 2.05) is 6.92 Å². The van der Waals surface area contributed by atoms with Gasteiger partial charge in [-0.25, -0.2) is 4.98 Å². The Labute approximate surface area is 99.2 Å². The van der Waals surface area contributed by atoms with Gasteiger partial charge in [0.25, 0.3) is 5.56 Å². The standard InChI is InChI=1S/C11H15ClN2O2/c1-2-10-13-9(12)5-11(15)14(10)7-16-6-8-3-4-8/h5,8H,2-4,6-7H2,1H3. The van der Waals surface area contributed by atoms with E-state index in [4.69, 9.17) is 16.3 Å². The zero-order valence-electron chi connectivity index (χ0n) is 9.28.